The number of hydrogen-bond acceptors (Lipinski definition) is 4. The second-order valence-corrected chi connectivity index (χ2v) is 7.05. The highest BCUT2D eigenvalue weighted by Crippen LogP contribution is 2.21. The molecule has 1 heterocycles. The van der Waals surface area contributed by atoms with Crippen LogP contribution in [0.3, 0.4) is 0 Å². The average Bonchev–Trinajstić information content (AvgIpc) is 3.17. The maximum absolute atomic E-state index is 12.4. The van der Waals surface area contributed by atoms with Crippen LogP contribution in [0.1, 0.15) is 41.2 Å². The molecule has 1 amide bonds. The van der Waals surface area contributed by atoms with Crippen LogP contribution in [0.25, 0.3) is 11.1 Å². The van der Waals surface area contributed by atoms with E-state index in [0.717, 1.165) is 34.5 Å². The molecule has 152 valence electrons. The molecule has 4 aromatic rings. The number of carbonyl (C=O) groups is 1. The van der Waals surface area contributed by atoms with Crippen molar-refractivity contribution < 1.29 is 13.9 Å². The van der Waals surface area contributed by atoms with Crippen LogP contribution in [0, 0.1) is 0 Å². The van der Waals surface area contributed by atoms with E-state index in [1.165, 1.54) is 5.56 Å². The van der Waals surface area contributed by atoms with Crippen molar-refractivity contribution in [2.24, 2.45) is 0 Å². The van der Waals surface area contributed by atoms with Crippen molar-refractivity contribution in [1.29, 1.82) is 0 Å². The molecule has 0 atom stereocenters. The number of nitrogens with zero attached hydrogens (tertiary/aromatic N) is 1. The van der Waals surface area contributed by atoms with Crippen LogP contribution in [0.2, 0.25) is 0 Å². The van der Waals surface area contributed by atoms with Crippen molar-refractivity contribution in [1.82, 2.24) is 4.98 Å². The van der Waals surface area contributed by atoms with E-state index in [9.17, 15) is 4.79 Å². The van der Waals surface area contributed by atoms with Gasteiger partial charge in [0.2, 0.25) is 0 Å². The first-order chi connectivity index (χ1) is 14.6. The summed E-state index contributed by atoms with van der Waals surface area (Å²) in [6.45, 7) is 4.65. The van der Waals surface area contributed by atoms with Gasteiger partial charge in [0, 0.05) is 17.7 Å². The van der Waals surface area contributed by atoms with Crippen molar-refractivity contribution in [3.8, 4) is 5.75 Å². The van der Waals surface area contributed by atoms with Crippen LogP contribution in [0.4, 0.5) is 5.69 Å². The fourth-order valence-corrected chi connectivity index (χ4v) is 3.27. The number of carbonyl (C=O) groups excluding carboxylic acids is 1. The van der Waals surface area contributed by atoms with Gasteiger partial charge in [-0.05, 0) is 73.0 Å². The zero-order chi connectivity index (χ0) is 20.9. The molecule has 0 spiro atoms. The van der Waals surface area contributed by atoms with E-state index in [1.54, 1.807) is 24.3 Å². The largest absolute Gasteiger partial charge is 0.494 e. The standard InChI is InChI=1S/C25H24N2O3/c1-3-17-7-14-23-22(15-17)27-24(30-23)16-18-5-10-20(11-6-18)26-25(28)19-8-12-21(13-9-19)29-4-2/h5-15H,3-4,16H2,1-2H3,(H,26,28). The lowest BCUT2D eigenvalue weighted by molar-refractivity contribution is 0.102. The Morgan fingerprint density at radius 1 is 0.967 bits per heavy atom. The third-order valence-corrected chi connectivity index (χ3v) is 4.90. The van der Waals surface area contributed by atoms with Gasteiger partial charge in [0.15, 0.2) is 11.5 Å². The number of anilines is 1. The summed E-state index contributed by atoms with van der Waals surface area (Å²) in [4.78, 5) is 17.0. The summed E-state index contributed by atoms with van der Waals surface area (Å²) < 4.78 is 11.3. The summed E-state index contributed by atoms with van der Waals surface area (Å²) in [5.41, 5.74) is 5.33. The molecule has 1 aromatic heterocycles. The fraction of sp³-hybridized carbons (Fsp3) is 0.200. The smallest absolute Gasteiger partial charge is 0.255 e. The van der Waals surface area contributed by atoms with E-state index in [2.05, 4.69) is 29.4 Å². The molecule has 0 radical (unpaired) electrons. The molecule has 1 N–H and O–H groups in total. The normalized spacial score (nSPS) is 10.9. The van der Waals surface area contributed by atoms with Crippen LogP contribution >= 0.6 is 0 Å². The second kappa shape index (κ2) is 8.82. The number of rotatable bonds is 7. The predicted molar refractivity (Wildman–Crippen MR) is 118 cm³/mol. The second-order valence-electron chi connectivity index (χ2n) is 7.05. The fourth-order valence-electron chi connectivity index (χ4n) is 3.27. The molecule has 0 fully saturated rings. The van der Waals surface area contributed by atoms with Gasteiger partial charge in [-0.3, -0.25) is 4.79 Å². The number of amides is 1. The first-order valence-corrected chi connectivity index (χ1v) is 10.2. The summed E-state index contributed by atoms with van der Waals surface area (Å²) in [5.74, 6) is 1.28. The summed E-state index contributed by atoms with van der Waals surface area (Å²) in [7, 11) is 0. The topological polar surface area (TPSA) is 64.4 Å². The highest BCUT2D eigenvalue weighted by molar-refractivity contribution is 6.04. The first kappa shape index (κ1) is 19.7. The predicted octanol–water partition coefficient (Wildman–Crippen LogP) is 5.63. The first-order valence-electron chi connectivity index (χ1n) is 10.2. The van der Waals surface area contributed by atoms with Gasteiger partial charge in [-0.1, -0.05) is 25.1 Å². The highest BCUT2D eigenvalue weighted by Gasteiger charge is 2.09. The third kappa shape index (κ3) is 4.51. The van der Waals surface area contributed by atoms with E-state index in [0.29, 0.717) is 24.5 Å². The summed E-state index contributed by atoms with van der Waals surface area (Å²) in [6.07, 6.45) is 1.57. The molecular weight excluding hydrogens is 376 g/mol. The van der Waals surface area contributed by atoms with Crippen molar-refractivity contribution in [3.63, 3.8) is 0 Å². The minimum absolute atomic E-state index is 0.156. The molecule has 0 aliphatic carbocycles. The molecule has 3 aromatic carbocycles. The van der Waals surface area contributed by atoms with Crippen LogP contribution in [0.5, 0.6) is 5.75 Å². The van der Waals surface area contributed by atoms with Gasteiger partial charge in [-0.2, -0.15) is 0 Å². The molecule has 5 heteroatoms. The number of oxazole rings is 1. The van der Waals surface area contributed by atoms with Gasteiger partial charge in [-0.25, -0.2) is 4.98 Å². The molecule has 5 nitrogen and oxygen atoms in total. The highest BCUT2D eigenvalue weighted by atomic mass is 16.5. The Kier molecular flexibility index (Phi) is 5.80. The van der Waals surface area contributed by atoms with Crippen LogP contribution in [-0.4, -0.2) is 17.5 Å². The number of ether oxygens (including phenoxy) is 1. The Balaban J connectivity index is 1.40. The summed E-state index contributed by atoms with van der Waals surface area (Å²) >= 11 is 0. The third-order valence-electron chi connectivity index (χ3n) is 4.90. The molecule has 0 bridgehead atoms. The average molecular weight is 400 g/mol. The Hall–Kier alpha value is -3.60. The SMILES string of the molecule is CCOc1ccc(C(=O)Nc2ccc(Cc3nc4cc(CC)ccc4o3)cc2)cc1. The zero-order valence-corrected chi connectivity index (χ0v) is 17.1. The van der Waals surface area contributed by atoms with Gasteiger partial charge in [0.05, 0.1) is 6.61 Å². The van der Waals surface area contributed by atoms with Gasteiger partial charge in [-0.15, -0.1) is 0 Å². The number of fused-ring (bicyclic) bond motifs is 1. The number of benzene rings is 3. The van der Waals surface area contributed by atoms with E-state index in [-0.39, 0.29) is 5.91 Å². The summed E-state index contributed by atoms with van der Waals surface area (Å²) in [5, 5.41) is 2.92. The zero-order valence-electron chi connectivity index (χ0n) is 17.1. The molecule has 4 rings (SSSR count). The van der Waals surface area contributed by atoms with Crippen LogP contribution < -0.4 is 10.1 Å². The molecule has 0 aliphatic heterocycles. The molecule has 0 unspecified atom stereocenters. The Bertz CT molecular complexity index is 1150. The number of aromatic nitrogens is 1. The van der Waals surface area contributed by atoms with Crippen LogP contribution in [-0.2, 0) is 12.8 Å². The number of nitrogens with one attached hydrogen (secondary N) is 1. The Morgan fingerprint density at radius 3 is 2.40 bits per heavy atom. The van der Waals surface area contributed by atoms with E-state index in [1.807, 2.05) is 37.3 Å². The van der Waals surface area contributed by atoms with Gasteiger partial charge in [0.25, 0.3) is 5.91 Å². The Labute approximate surface area is 175 Å². The van der Waals surface area contributed by atoms with Crippen molar-refractivity contribution in [3.05, 3.63) is 89.3 Å². The lowest BCUT2D eigenvalue weighted by atomic mass is 10.1. The van der Waals surface area contributed by atoms with Gasteiger partial charge >= 0.3 is 0 Å². The van der Waals surface area contributed by atoms with Crippen LogP contribution in [0.15, 0.2) is 71.1 Å². The summed E-state index contributed by atoms with van der Waals surface area (Å²) in [6, 6.07) is 20.9. The maximum atomic E-state index is 12.4. The lowest BCUT2D eigenvalue weighted by Gasteiger charge is -2.07. The van der Waals surface area contributed by atoms with Crippen molar-refractivity contribution >= 4 is 22.7 Å². The van der Waals surface area contributed by atoms with Gasteiger partial charge in [0.1, 0.15) is 11.3 Å². The molecule has 0 aliphatic rings. The Morgan fingerprint density at radius 2 is 1.70 bits per heavy atom. The lowest BCUT2D eigenvalue weighted by Crippen LogP contribution is -2.11. The number of aryl methyl sites for hydroxylation is 1. The molecule has 30 heavy (non-hydrogen) atoms. The van der Waals surface area contributed by atoms with Gasteiger partial charge < -0.3 is 14.5 Å². The molecule has 0 saturated carbocycles. The monoisotopic (exact) mass is 400 g/mol. The van der Waals surface area contributed by atoms with Crippen molar-refractivity contribution in [2.45, 2.75) is 26.7 Å². The number of hydrogen-bond donors (Lipinski definition) is 1. The molecular formula is C25H24N2O3. The quantitative estimate of drug-likeness (QED) is 0.436. The van der Waals surface area contributed by atoms with E-state index in [4.69, 9.17) is 9.15 Å². The minimum Gasteiger partial charge on any atom is -0.494 e. The van der Waals surface area contributed by atoms with Crippen molar-refractivity contribution in [2.75, 3.05) is 11.9 Å². The molecule has 0 saturated heterocycles. The minimum atomic E-state index is -0.156. The van der Waals surface area contributed by atoms with E-state index < -0.39 is 0 Å². The van der Waals surface area contributed by atoms with E-state index >= 15 is 0 Å². The maximum Gasteiger partial charge on any atom is 0.255 e.